The number of thiophene rings is 1. The first kappa shape index (κ1) is 22.4. The molecule has 1 N–H and O–H groups in total. The molecular weight excluding hydrogens is 443 g/mol. The second-order valence-electron chi connectivity index (χ2n) is 8.97. The molecule has 0 radical (unpaired) electrons. The van der Waals surface area contributed by atoms with Crippen LogP contribution in [0.2, 0.25) is 0 Å². The summed E-state index contributed by atoms with van der Waals surface area (Å²) in [6.45, 7) is 5.50. The van der Waals surface area contributed by atoms with Crippen LogP contribution in [0.4, 0.5) is 4.39 Å². The number of fused-ring (bicyclic) bond motifs is 1. The zero-order valence-electron chi connectivity index (χ0n) is 18.6. The van der Waals surface area contributed by atoms with E-state index in [-0.39, 0.29) is 11.6 Å². The van der Waals surface area contributed by atoms with Crippen molar-refractivity contribution in [3.63, 3.8) is 0 Å². The minimum absolute atomic E-state index is 0.255. The van der Waals surface area contributed by atoms with Crippen molar-refractivity contribution in [3.8, 4) is 10.4 Å². The maximum Gasteiger partial charge on any atom is 0.194 e. The number of halogens is 1. The molecule has 3 heterocycles. The minimum Gasteiger partial charge on any atom is -0.387 e. The van der Waals surface area contributed by atoms with E-state index < -0.39 is 30.4 Å². The van der Waals surface area contributed by atoms with Crippen LogP contribution in [0.25, 0.3) is 10.4 Å². The molecule has 33 heavy (non-hydrogen) atoms. The summed E-state index contributed by atoms with van der Waals surface area (Å²) in [6.07, 6.45) is -2.90. The Morgan fingerprint density at radius 1 is 1.09 bits per heavy atom. The minimum atomic E-state index is -1.09. The van der Waals surface area contributed by atoms with Gasteiger partial charge in [0.25, 0.3) is 0 Å². The lowest BCUT2D eigenvalue weighted by molar-refractivity contribution is -0.208. The largest absolute Gasteiger partial charge is 0.387 e. The van der Waals surface area contributed by atoms with Crippen LogP contribution in [0.5, 0.6) is 0 Å². The van der Waals surface area contributed by atoms with Crippen molar-refractivity contribution in [2.24, 2.45) is 0 Å². The van der Waals surface area contributed by atoms with Gasteiger partial charge < -0.3 is 19.3 Å². The summed E-state index contributed by atoms with van der Waals surface area (Å²) in [5, 5.41) is 10.6. The zero-order valence-corrected chi connectivity index (χ0v) is 19.4. The molecular formula is C26H25FO5S. The molecule has 0 unspecified atom stereocenters. The maximum absolute atomic E-state index is 13.2. The Kier molecular flexibility index (Phi) is 5.71. The summed E-state index contributed by atoms with van der Waals surface area (Å²) < 4.78 is 30.3. The molecule has 4 atom stereocenters. The Morgan fingerprint density at radius 3 is 2.58 bits per heavy atom. The molecule has 2 aliphatic heterocycles. The number of aryl methyl sites for hydroxylation is 1. The Hall–Kier alpha value is -2.42. The Morgan fingerprint density at radius 2 is 1.85 bits per heavy atom. The molecule has 0 spiro atoms. The SMILES string of the molecule is Cc1ccc(C(=O)[C@@H]2O[C@H]3OC(C)(C)O[C@H]3[C@@H]2O)cc1Cc1ccc(-c2ccc(F)cc2)s1. The third kappa shape index (κ3) is 4.39. The molecule has 2 aromatic carbocycles. The lowest BCUT2D eigenvalue weighted by Gasteiger charge is -2.22. The van der Waals surface area contributed by atoms with Crippen LogP contribution < -0.4 is 0 Å². The molecule has 7 heteroatoms. The monoisotopic (exact) mass is 468 g/mol. The van der Waals surface area contributed by atoms with Crippen LogP contribution in [0.3, 0.4) is 0 Å². The van der Waals surface area contributed by atoms with Gasteiger partial charge in [0, 0.05) is 21.7 Å². The first-order valence-corrected chi connectivity index (χ1v) is 11.7. The fourth-order valence-corrected chi connectivity index (χ4v) is 5.35. The zero-order chi connectivity index (χ0) is 23.3. The number of benzene rings is 2. The fourth-order valence-electron chi connectivity index (χ4n) is 4.32. The van der Waals surface area contributed by atoms with E-state index in [0.717, 1.165) is 26.4 Å². The molecule has 0 bridgehead atoms. The topological polar surface area (TPSA) is 65.0 Å². The second kappa shape index (κ2) is 8.42. The summed E-state index contributed by atoms with van der Waals surface area (Å²) >= 11 is 1.64. The number of aliphatic hydroxyl groups is 1. The maximum atomic E-state index is 13.2. The normalized spacial score (nSPS) is 25.8. The first-order valence-electron chi connectivity index (χ1n) is 10.9. The third-order valence-electron chi connectivity index (χ3n) is 6.06. The van der Waals surface area contributed by atoms with Crippen LogP contribution in [0, 0.1) is 12.7 Å². The van der Waals surface area contributed by atoms with Crippen LogP contribution in [0.1, 0.15) is 40.2 Å². The van der Waals surface area contributed by atoms with Gasteiger partial charge in [0.15, 0.2) is 24.0 Å². The molecule has 2 fully saturated rings. The van der Waals surface area contributed by atoms with Gasteiger partial charge in [-0.15, -0.1) is 11.3 Å². The van der Waals surface area contributed by atoms with Crippen molar-refractivity contribution in [1.82, 2.24) is 0 Å². The Bertz CT molecular complexity index is 1190. The van der Waals surface area contributed by atoms with E-state index in [1.54, 1.807) is 43.4 Å². The number of carbonyl (C=O) groups is 1. The molecule has 1 aromatic heterocycles. The summed E-state index contributed by atoms with van der Waals surface area (Å²) in [5.74, 6) is -1.40. The standard InChI is InChI=1S/C26H25FO5S/c1-14-4-5-16(21(28)23-22(29)24-25(30-23)32-26(2,3)31-24)12-17(14)13-19-10-11-20(33-19)15-6-8-18(27)9-7-15/h4-12,22-25,29H,13H2,1-3H3/t22-,23+,24+,25+/m1/s1. The van der Waals surface area contributed by atoms with E-state index in [0.29, 0.717) is 12.0 Å². The highest BCUT2D eigenvalue weighted by atomic mass is 32.1. The van der Waals surface area contributed by atoms with Crippen molar-refractivity contribution in [1.29, 1.82) is 0 Å². The molecule has 0 amide bonds. The lowest BCUT2D eigenvalue weighted by Crippen LogP contribution is -2.38. The third-order valence-corrected chi connectivity index (χ3v) is 7.20. The predicted octanol–water partition coefficient (Wildman–Crippen LogP) is 4.87. The van der Waals surface area contributed by atoms with Gasteiger partial charge in [-0.3, -0.25) is 4.79 Å². The number of ether oxygens (including phenoxy) is 3. The van der Waals surface area contributed by atoms with Gasteiger partial charge in [-0.1, -0.05) is 24.3 Å². The van der Waals surface area contributed by atoms with E-state index in [4.69, 9.17) is 14.2 Å². The van der Waals surface area contributed by atoms with Crippen molar-refractivity contribution in [2.75, 3.05) is 0 Å². The van der Waals surface area contributed by atoms with Crippen LogP contribution >= 0.6 is 11.3 Å². The molecule has 172 valence electrons. The number of hydrogen-bond donors (Lipinski definition) is 1. The van der Waals surface area contributed by atoms with Gasteiger partial charge in [0.05, 0.1) is 0 Å². The van der Waals surface area contributed by atoms with Crippen molar-refractivity contribution < 1.29 is 28.5 Å². The van der Waals surface area contributed by atoms with E-state index in [2.05, 4.69) is 6.07 Å². The summed E-state index contributed by atoms with van der Waals surface area (Å²) in [5.41, 5.74) is 3.55. The molecule has 2 saturated heterocycles. The van der Waals surface area contributed by atoms with E-state index in [1.165, 1.54) is 12.1 Å². The number of rotatable bonds is 5. The molecule has 5 rings (SSSR count). The second-order valence-corrected chi connectivity index (χ2v) is 10.1. The summed E-state index contributed by atoms with van der Waals surface area (Å²) in [7, 11) is 0. The van der Waals surface area contributed by atoms with Gasteiger partial charge in [-0.05, 0) is 67.8 Å². The number of Topliss-reactive ketones (excluding diaryl/α,β-unsaturated/α-hetero) is 1. The predicted molar refractivity (Wildman–Crippen MR) is 123 cm³/mol. The molecule has 5 nitrogen and oxygen atoms in total. The number of hydrogen-bond acceptors (Lipinski definition) is 6. The summed E-state index contributed by atoms with van der Waals surface area (Å²) in [4.78, 5) is 15.4. The number of aliphatic hydroxyl groups excluding tert-OH is 1. The smallest absolute Gasteiger partial charge is 0.194 e. The molecule has 0 saturated carbocycles. The average Bonchev–Trinajstić information content (AvgIpc) is 3.44. The van der Waals surface area contributed by atoms with Gasteiger partial charge in [0.1, 0.15) is 18.0 Å². The van der Waals surface area contributed by atoms with Gasteiger partial charge >= 0.3 is 0 Å². The van der Waals surface area contributed by atoms with Crippen molar-refractivity contribution in [3.05, 3.63) is 82.0 Å². The van der Waals surface area contributed by atoms with Gasteiger partial charge in [0.2, 0.25) is 0 Å². The van der Waals surface area contributed by atoms with E-state index in [9.17, 15) is 14.3 Å². The lowest BCUT2D eigenvalue weighted by atomic mass is 9.96. The Labute approximate surface area is 195 Å². The highest BCUT2D eigenvalue weighted by Gasteiger charge is 2.56. The van der Waals surface area contributed by atoms with E-state index in [1.807, 2.05) is 25.1 Å². The molecule has 3 aromatic rings. The fraction of sp³-hybridized carbons (Fsp3) is 0.346. The van der Waals surface area contributed by atoms with Crippen molar-refractivity contribution >= 4 is 17.1 Å². The number of carbonyl (C=O) groups excluding carboxylic acids is 1. The number of ketones is 1. The van der Waals surface area contributed by atoms with Gasteiger partial charge in [-0.2, -0.15) is 0 Å². The molecule has 2 aliphatic rings. The van der Waals surface area contributed by atoms with Gasteiger partial charge in [-0.25, -0.2) is 4.39 Å². The van der Waals surface area contributed by atoms with E-state index >= 15 is 0 Å². The first-order chi connectivity index (χ1) is 15.7. The van der Waals surface area contributed by atoms with Crippen LogP contribution in [-0.4, -0.2) is 41.3 Å². The molecule has 0 aliphatic carbocycles. The summed E-state index contributed by atoms with van der Waals surface area (Å²) in [6, 6.07) is 16.1. The van der Waals surface area contributed by atoms with Crippen LogP contribution in [-0.2, 0) is 20.6 Å². The highest BCUT2D eigenvalue weighted by Crippen LogP contribution is 2.38. The Balaban J connectivity index is 1.33. The average molecular weight is 469 g/mol. The highest BCUT2D eigenvalue weighted by molar-refractivity contribution is 7.15. The van der Waals surface area contributed by atoms with Crippen molar-refractivity contribution in [2.45, 2.75) is 57.6 Å². The van der Waals surface area contributed by atoms with Crippen LogP contribution in [0.15, 0.2) is 54.6 Å². The quantitative estimate of drug-likeness (QED) is 0.541.